The summed E-state index contributed by atoms with van der Waals surface area (Å²) in [6.07, 6.45) is 1.46. The van der Waals surface area contributed by atoms with E-state index in [-0.39, 0.29) is 0 Å². The zero-order valence-corrected chi connectivity index (χ0v) is 13.4. The van der Waals surface area contributed by atoms with Gasteiger partial charge in [0.15, 0.2) is 6.23 Å². The summed E-state index contributed by atoms with van der Waals surface area (Å²) in [5.74, 6) is -0.416. The molecule has 22 heavy (non-hydrogen) atoms. The standard InChI is InChI=1S/C17H23NO4/c1-17(2,3)22-16(20)18-12-8-7-11-14(18)21-15(19)13-9-5-4-6-10-13/h4-6,9-10,14H,7-8,11-12H2,1-3H3/t14-/m1/s1. The molecule has 1 aromatic rings. The second kappa shape index (κ2) is 6.81. The fourth-order valence-corrected chi connectivity index (χ4v) is 2.32. The average molecular weight is 305 g/mol. The smallest absolute Gasteiger partial charge is 0.413 e. The lowest BCUT2D eigenvalue weighted by Gasteiger charge is -2.35. The summed E-state index contributed by atoms with van der Waals surface area (Å²) in [6, 6.07) is 8.79. The van der Waals surface area contributed by atoms with Crippen LogP contribution in [0.5, 0.6) is 0 Å². The average Bonchev–Trinajstić information content (AvgIpc) is 2.47. The number of carbonyl (C=O) groups is 2. The first-order chi connectivity index (χ1) is 10.4. The van der Waals surface area contributed by atoms with E-state index in [1.807, 2.05) is 26.8 Å². The van der Waals surface area contributed by atoms with E-state index in [9.17, 15) is 9.59 Å². The number of amides is 1. The van der Waals surface area contributed by atoms with Gasteiger partial charge >= 0.3 is 12.1 Å². The Morgan fingerprint density at radius 1 is 1.14 bits per heavy atom. The summed E-state index contributed by atoms with van der Waals surface area (Å²) < 4.78 is 10.9. The lowest BCUT2D eigenvalue weighted by Crippen LogP contribution is -2.48. The predicted molar refractivity (Wildman–Crippen MR) is 82.4 cm³/mol. The van der Waals surface area contributed by atoms with Gasteiger partial charge < -0.3 is 9.47 Å². The molecule has 1 aliphatic heterocycles. The van der Waals surface area contributed by atoms with Gasteiger partial charge in [0.05, 0.1) is 5.56 Å². The van der Waals surface area contributed by atoms with E-state index in [1.54, 1.807) is 24.3 Å². The highest BCUT2D eigenvalue weighted by Gasteiger charge is 2.33. The molecule has 1 heterocycles. The molecule has 0 saturated carbocycles. The molecule has 5 nitrogen and oxygen atoms in total. The number of hydrogen-bond acceptors (Lipinski definition) is 4. The fraction of sp³-hybridized carbons (Fsp3) is 0.529. The third-order valence-electron chi connectivity index (χ3n) is 3.33. The minimum absolute atomic E-state index is 0.416. The number of piperidine rings is 1. The monoisotopic (exact) mass is 305 g/mol. The Bertz CT molecular complexity index is 521. The highest BCUT2D eigenvalue weighted by Crippen LogP contribution is 2.22. The van der Waals surface area contributed by atoms with Crippen molar-refractivity contribution in [2.24, 2.45) is 0 Å². The molecule has 0 unspecified atom stereocenters. The largest absolute Gasteiger partial charge is 0.444 e. The van der Waals surface area contributed by atoms with Crippen molar-refractivity contribution in [3.63, 3.8) is 0 Å². The molecule has 0 radical (unpaired) electrons. The number of nitrogens with zero attached hydrogens (tertiary/aromatic N) is 1. The van der Waals surface area contributed by atoms with Crippen LogP contribution in [0.3, 0.4) is 0 Å². The minimum atomic E-state index is -0.567. The van der Waals surface area contributed by atoms with Gasteiger partial charge in [0.25, 0.3) is 0 Å². The van der Waals surface area contributed by atoms with Crippen molar-refractivity contribution in [1.82, 2.24) is 4.90 Å². The Morgan fingerprint density at radius 2 is 1.82 bits per heavy atom. The van der Waals surface area contributed by atoms with Crippen molar-refractivity contribution in [2.45, 2.75) is 51.9 Å². The third kappa shape index (κ3) is 4.48. The van der Waals surface area contributed by atoms with Crippen molar-refractivity contribution in [1.29, 1.82) is 0 Å². The van der Waals surface area contributed by atoms with E-state index in [2.05, 4.69) is 0 Å². The van der Waals surface area contributed by atoms with E-state index >= 15 is 0 Å². The molecule has 0 bridgehead atoms. The van der Waals surface area contributed by atoms with Gasteiger partial charge in [-0.05, 0) is 45.7 Å². The topological polar surface area (TPSA) is 55.8 Å². The van der Waals surface area contributed by atoms with Crippen LogP contribution in [-0.2, 0) is 9.47 Å². The Labute approximate surface area is 131 Å². The SMILES string of the molecule is CC(C)(C)OC(=O)N1CCCC[C@H]1OC(=O)c1ccccc1. The molecule has 1 saturated heterocycles. The van der Waals surface area contributed by atoms with Crippen LogP contribution in [0.1, 0.15) is 50.4 Å². The molecule has 2 rings (SSSR count). The van der Waals surface area contributed by atoms with Gasteiger partial charge in [0.2, 0.25) is 0 Å². The molecule has 0 aromatic heterocycles. The van der Waals surface area contributed by atoms with Crippen molar-refractivity contribution in [3.05, 3.63) is 35.9 Å². The van der Waals surface area contributed by atoms with Crippen LogP contribution in [0.4, 0.5) is 4.79 Å². The van der Waals surface area contributed by atoms with Gasteiger partial charge in [-0.1, -0.05) is 18.2 Å². The van der Waals surface area contributed by atoms with Crippen LogP contribution >= 0.6 is 0 Å². The zero-order valence-electron chi connectivity index (χ0n) is 13.4. The van der Waals surface area contributed by atoms with Crippen LogP contribution in [0.25, 0.3) is 0 Å². The number of likely N-dealkylation sites (tertiary alicyclic amines) is 1. The van der Waals surface area contributed by atoms with Crippen molar-refractivity contribution in [2.75, 3.05) is 6.54 Å². The summed E-state index contributed by atoms with van der Waals surface area (Å²) in [5, 5.41) is 0. The van der Waals surface area contributed by atoms with Crippen LogP contribution in [0.2, 0.25) is 0 Å². The molecule has 0 aliphatic carbocycles. The van der Waals surface area contributed by atoms with Crippen molar-refractivity contribution >= 4 is 12.1 Å². The van der Waals surface area contributed by atoms with Crippen LogP contribution < -0.4 is 0 Å². The molecule has 1 amide bonds. The normalized spacial score (nSPS) is 18.7. The Kier molecular flexibility index (Phi) is 5.06. The van der Waals surface area contributed by atoms with Crippen LogP contribution in [0, 0.1) is 0 Å². The molecule has 5 heteroatoms. The summed E-state index contributed by atoms with van der Waals surface area (Å²) in [5.41, 5.74) is -0.0834. The maximum Gasteiger partial charge on any atom is 0.413 e. The number of ether oxygens (including phenoxy) is 2. The van der Waals surface area contributed by atoms with E-state index in [0.29, 0.717) is 18.5 Å². The lowest BCUT2D eigenvalue weighted by atomic mass is 10.1. The lowest BCUT2D eigenvalue weighted by molar-refractivity contribution is -0.0596. The van der Waals surface area contributed by atoms with E-state index in [4.69, 9.17) is 9.47 Å². The van der Waals surface area contributed by atoms with Gasteiger partial charge in [-0.15, -0.1) is 0 Å². The van der Waals surface area contributed by atoms with Gasteiger partial charge in [-0.25, -0.2) is 9.59 Å². The quantitative estimate of drug-likeness (QED) is 0.784. The highest BCUT2D eigenvalue weighted by molar-refractivity contribution is 5.89. The van der Waals surface area contributed by atoms with Gasteiger partial charge in [-0.2, -0.15) is 0 Å². The second-order valence-corrected chi connectivity index (χ2v) is 6.40. The number of hydrogen-bond donors (Lipinski definition) is 0. The predicted octanol–water partition coefficient (Wildman–Crippen LogP) is 3.59. The highest BCUT2D eigenvalue weighted by atomic mass is 16.6. The van der Waals surface area contributed by atoms with E-state index < -0.39 is 23.9 Å². The summed E-state index contributed by atoms with van der Waals surface area (Å²) >= 11 is 0. The van der Waals surface area contributed by atoms with Crippen molar-refractivity contribution in [3.8, 4) is 0 Å². The first kappa shape index (κ1) is 16.3. The molecule has 1 atom stereocenters. The third-order valence-corrected chi connectivity index (χ3v) is 3.33. The molecular weight excluding hydrogens is 282 g/mol. The number of carbonyl (C=O) groups excluding carboxylic acids is 2. The fourth-order valence-electron chi connectivity index (χ4n) is 2.32. The summed E-state index contributed by atoms with van der Waals surface area (Å²) in [6.45, 7) is 6.00. The zero-order chi connectivity index (χ0) is 16.2. The Balaban J connectivity index is 2.04. The van der Waals surface area contributed by atoms with Crippen LogP contribution in [-0.4, -0.2) is 35.3 Å². The first-order valence-electron chi connectivity index (χ1n) is 7.62. The molecule has 0 spiro atoms. The van der Waals surface area contributed by atoms with E-state index in [0.717, 1.165) is 12.8 Å². The van der Waals surface area contributed by atoms with Gasteiger partial charge in [0, 0.05) is 13.0 Å². The summed E-state index contributed by atoms with van der Waals surface area (Å²) in [4.78, 5) is 25.9. The van der Waals surface area contributed by atoms with Crippen LogP contribution in [0.15, 0.2) is 30.3 Å². The maximum atomic E-state index is 12.3. The second-order valence-electron chi connectivity index (χ2n) is 6.40. The number of rotatable bonds is 2. The van der Waals surface area contributed by atoms with Crippen molar-refractivity contribution < 1.29 is 19.1 Å². The molecule has 1 aromatic carbocycles. The minimum Gasteiger partial charge on any atom is -0.444 e. The summed E-state index contributed by atoms with van der Waals surface area (Å²) in [7, 11) is 0. The van der Waals surface area contributed by atoms with E-state index in [1.165, 1.54) is 4.90 Å². The van der Waals surface area contributed by atoms with Gasteiger partial charge in [0.1, 0.15) is 5.60 Å². The number of esters is 1. The maximum absolute atomic E-state index is 12.3. The first-order valence-corrected chi connectivity index (χ1v) is 7.62. The molecular formula is C17H23NO4. The Morgan fingerprint density at radius 3 is 2.45 bits per heavy atom. The van der Waals surface area contributed by atoms with Gasteiger partial charge in [-0.3, -0.25) is 4.90 Å². The number of benzene rings is 1. The molecule has 1 fully saturated rings. The Hall–Kier alpha value is -2.04. The molecule has 120 valence electrons. The molecule has 0 N–H and O–H groups in total. The molecule has 1 aliphatic rings.